The van der Waals surface area contributed by atoms with Crippen LogP contribution in [0.5, 0.6) is 0 Å². The number of aromatic nitrogens is 1. The number of esters is 1. The van der Waals surface area contributed by atoms with E-state index in [1.54, 1.807) is 12.1 Å². The molecular weight excluding hydrogens is 206 g/mol. The largest absolute Gasteiger partial charge is 0.461 e. The van der Waals surface area contributed by atoms with Crippen LogP contribution in [-0.2, 0) is 9.53 Å². The fraction of sp³-hybridized carbons (Fsp3) is 0.250. The molecule has 0 aliphatic rings. The predicted molar refractivity (Wildman–Crippen MR) is 59.1 cm³/mol. The Hall–Kier alpha value is -1.97. The van der Waals surface area contributed by atoms with Gasteiger partial charge in [-0.05, 0) is 19.1 Å². The zero-order chi connectivity index (χ0) is 12.0. The van der Waals surface area contributed by atoms with Crippen LogP contribution in [0, 0.1) is 6.92 Å². The maximum Gasteiger partial charge on any atom is 0.314 e. The van der Waals surface area contributed by atoms with Crippen LogP contribution >= 0.6 is 0 Å². The third kappa shape index (κ3) is 3.65. The van der Waals surface area contributed by atoms with E-state index in [-0.39, 0.29) is 18.8 Å². The minimum absolute atomic E-state index is 0.123. The smallest absolute Gasteiger partial charge is 0.314 e. The van der Waals surface area contributed by atoms with Crippen molar-refractivity contribution in [3.63, 3.8) is 0 Å². The monoisotopic (exact) mass is 219 g/mol. The van der Waals surface area contributed by atoms with Gasteiger partial charge in [0.25, 0.3) is 0 Å². The number of rotatable bonds is 5. The summed E-state index contributed by atoms with van der Waals surface area (Å²) in [7, 11) is 0. The molecule has 0 N–H and O–H groups in total. The van der Waals surface area contributed by atoms with Crippen molar-refractivity contribution < 1.29 is 14.3 Å². The Labute approximate surface area is 94.0 Å². The summed E-state index contributed by atoms with van der Waals surface area (Å²) in [5.74, 6) is -0.841. The van der Waals surface area contributed by atoms with Crippen LogP contribution in [0.1, 0.15) is 22.5 Å². The topological polar surface area (TPSA) is 56.3 Å². The minimum atomic E-state index is -0.550. The first-order valence-electron chi connectivity index (χ1n) is 4.86. The zero-order valence-electron chi connectivity index (χ0n) is 9.10. The van der Waals surface area contributed by atoms with Crippen LogP contribution in [0.4, 0.5) is 0 Å². The number of Topliss-reactive ketones (excluding diaryl/α,β-unsaturated/α-hetero) is 1. The predicted octanol–water partition coefficient (Wildman–Crippen LogP) is 1.69. The van der Waals surface area contributed by atoms with Crippen molar-refractivity contribution in [3.05, 3.63) is 42.2 Å². The van der Waals surface area contributed by atoms with Gasteiger partial charge in [-0.25, -0.2) is 0 Å². The molecule has 0 saturated carbocycles. The van der Waals surface area contributed by atoms with Gasteiger partial charge in [0.1, 0.15) is 13.0 Å². The van der Waals surface area contributed by atoms with E-state index in [0.717, 1.165) is 5.69 Å². The van der Waals surface area contributed by atoms with Crippen molar-refractivity contribution in [1.29, 1.82) is 0 Å². The van der Waals surface area contributed by atoms with E-state index in [4.69, 9.17) is 4.74 Å². The van der Waals surface area contributed by atoms with E-state index in [9.17, 15) is 9.59 Å². The van der Waals surface area contributed by atoms with Gasteiger partial charge in [0.05, 0.1) is 0 Å². The van der Waals surface area contributed by atoms with Gasteiger partial charge in [-0.1, -0.05) is 12.7 Å². The van der Waals surface area contributed by atoms with Crippen molar-refractivity contribution >= 4 is 11.8 Å². The van der Waals surface area contributed by atoms with Gasteiger partial charge >= 0.3 is 5.97 Å². The number of pyridine rings is 1. The first-order chi connectivity index (χ1) is 7.63. The Morgan fingerprint density at radius 3 is 2.81 bits per heavy atom. The lowest BCUT2D eigenvalue weighted by molar-refractivity contribution is -0.141. The maximum absolute atomic E-state index is 11.6. The molecule has 16 heavy (non-hydrogen) atoms. The summed E-state index contributed by atoms with van der Waals surface area (Å²) in [5, 5.41) is 0. The molecule has 4 nitrogen and oxygen atoms in total. The molecule has 0 radical (unpaired) electrons. The summed E-state index contributed by atoms with van der Waals surface area (Å²) < 4.78 is 4.71. The number of carbonyl (C=O) groups is 2. The number of nitrogens with zero attached hydrogens (tertiary/aromatic N) is 1. The average molecular weight is 219 g/mol. The highest BCUT2D eigenvalue weighted by Gasteiger charge is 2.12. The Bertz CT molecular complexity index is 395. The molecule has 0 spiro atoms. The molecule has 0 saturated heterocycles. The molecule has 1 rings (SSSR count). The normalized spacial score (nSPS) is 9.56. The van der Waals surface area contributed by atoms with Crippen molar-refractivity contribution in [3.8, 4) is 0 Å². The van der Waals surface area contributed by atoms with Crippen LogP contribution in [0.3, 0.4) is 0 Å². The summed E-state index contributed by atoms with van der Waals surface area (Å²) in [5.41, 5.74) is 1.24. The van der Waals surface area contributed by atoms with Gasteiger partial charge in [0, 0.05) is 17.5 Å². The highest BCUT2D eigenvalue weighted by atomic mass is 16.5. The molecule has 0 atom stereocenters. The third-order valence-corrected chi connectivity index (χ3v) is 1.90. The molecule has 0 aliphatic carbocycles. The standard InChI is InChI=1S/C12H13NO3/c1-3-6-16-12(15)7-11(14)10-5-4-9(2)13-8-10/h3-5,8H,1,6-7H2,2H3. The van der Waals surface area contributed by atoms with E-state index < -0.39 is 5.97 Å². The lowest BCUT2D eigenvalue weighted by Gasteiger charge is -2.01. The van der Waals surface area contributed by atoms with E-state index in [1.165, 1.54) is 12.3 Å². The second-order valence-corrected chi connectivity index (χ2v) is 3.26. The number of ketones is 1. The van der Waals surface area contributed by atoms with Crippen LogP contribution in [0.25, 0.3) is 0 Å². The number of ether oxygens (including phenoxy) is 1. The van der Waals surface area contributed by atoms with Gasteiger partial charge < -0.3 is 4.74 Å². The molecule has 0 amide bonds. The minimum Gasteiger partial charge on any atom is -0.461 e. The van der Waals surface area contributed by atoms with Crippen molar-refractivity contribution in [2.24, 2.45) is 0 Å². The molecule has 4 heteroatoms. The molecule has 0 bridgehead atoms. The van der Waals surface area contributed by atoms with Crippen LogP contribution in [-0.4, -0.2) is 23.3 Å². The van der Waals surface area contributed by atoms with Crippen LogP contribution in [0.2, 0.25) is 0 Å². The number of aryl methyl sites for hydroxylation is 1. The molecule has 1 heterocycles. The van der Waals surface area contributed by atoms with E-state index in [1.807, 2.05) is 6.92 Å². The summed E-state index contributed by atoms with van der Waals surface area (Å²) >= 11 is 0. The quantitative estimate of drug-likeness (QED) is 0.327. The lowest BCUT2D eigenvalue weighted by Crippen LogP contribution is -2.11. The summed E-state index contributed by atoms with van der Waals surface area (Å²) in [6.07, 6.45) is 2.65. The molecule has 0 unspecified atom stereocenters. The molecule has 1 aromatic heterocycles. The highest BCUT2D eigenvalue weighted by Crippen LogP contribution is 2.04. The molecule has 0 fully saturated rings. The maximum atomic E-state index is 11.6. The first-order valence-corrected chi connectivity index (χ1v) is 4.86. The highest BCUT2D eigenvalue weighted by molar-refractivity contribution is 6.05. The van der Waals surface area contributed by atoms with Gasteiger partial charge in [0.2, 0.25) is 0 Å². The van der Waals surface area contributed by atoms with Crippen molar-refractivity contribution in [1.82, 2.24) is 4.98 Å². The number of carbonyl (C=O) groups excluding carboxylic acids is 2. The first kappa shape index (κ1) is 12.1. The molecular formula is C12H13NO3. The second-order valence-electron chi connectivity index (χ2n) is 3.26. The fourth-order valence-electron chi connectivity index (χ4n) is 1.07. The summed E-state index contributed by atoms with van der Waals surface area (Å²) in [6.45, 7) is 5.36. The fourth-order valence-corrected chi connectivity index (χ4v) is 1.07. The average Bonchev–Trinajstić information content (AvgIpc) is 2.27. The second kappa shape index (κ2) is 5.80. The molecule has 0 aromatic carbocycles. The summed E-state index contributed by atoms with van der Waals surface area (Å²) in [4.78, 5) is 26.7. The SMILES string of the molecule is C=CCOC(=O)CC(=O)c1ccc(C)nc1. The lowest BCUT2D eigenvalue weighted by atomic mass is 10.1. The van der Waals surface area contributed by atoms with Crippen molar-refractivity contribution in [2.45, 2.75) is 13.3 Å². The van der Waals surface area contributed by atoms with Gasteiger partial charge in [-0.15, -0.1) is 0 Å². The van der Waals surface area contributed by atoms with Crippen LogP contribution < -0.4 is 0 Å². The zero-order valence-corrected chi connectivity index (χ0v) is 9.10. The third-order valence-electron chi connectivity index (χ3n) is 1.90. The summed E-state index contributed by atoms with van der Waals surface area (Å²) in [6, 6.07) is 3.37. The molecule has 84 valence electrons. The number of hydrogen-bond donors (Lipinski definition) is 0. The Morgan fingerprint density at radius 1 is 1.50 bits per heavy atom. The van der Waals surface area contributed by atoms with Gasteiger partial charge in [0.15, 0.2) is 5.78 Å². The molecule has 1 aromatic rings. The van der Waals surface area contributed by atoms with E-state index in [2.05, 4.69) is 11.6 Å². The van der Waals surface area contributed by atoms with Crippen molar-refractivity contribution in [2.75, 3.05) is 6.61 Å². The van der Waals surface area contributed by atoms with Gasteiger partial charge in [-0.2, -0.15) is 0 Å². The Morgan fingerprint density at radius 2 is 2.25 bits per heavy atom. The Kier molecular flexibility index (Phi) is 4.39. The Balaban J connectivity index is 2.55. The van der Waals surface area contributed by atoms with Gasteiger partial charge in [-0.3, -0.25) is 14.6 Å². The van der Waals surface area contributed by atoms with E-state index in [0.29, 0.717) is 5.56 Å². The van der Waals surface area contributed by atoms with E-state index >= 15 is 0 Å². The molecule has 0 aliphatic heterocycles. The van der Waals surface area contributed by atoms with Crippen LogP contribution in [0.15, 0.2) is 31.0 Å². The number of hydrogen-bond acceptors (Lipinski definition) is 4.